The third-order valence-electron chi connectivity index (χ3n) is 3.08. The van der Waals surface area contributed by atoms with E-state index in [0.29, 0.717) is 12.2 Å². The van der Waals surface area contributed by atoms with Crippen molar-refractivity contribution in [3.8, 4) is 11.8 Å². The highest BCUT2D eigenvalue weighted by Crippen LogP contribution is 2.18. The third-order valence-corrected chi connectivity index (χ3v) is 3.08. The van der Waals surface area contributed by atoms with Crippen molar-refractivity contribution in [3.63, 3.8) is 0 Å². The first-order valence-corrected chi connectivity index (χ1v) is 6.53. The summed E-state index contributed by atoms with van der Waals surface area (Å²) in [6, 6.07) is 17.9. The van der Waals surface area contributed by atoms with Gasteiger partial charge in [0.25, 0.3) is 0 Å². The van der Waals surface area contributed by atoms with Gasteiger partial charge in [0.15, 0.2) is 0 Å². The van der Waals surface area contributed by atoms with Crippen molar-refractivity contribution in [2.24, 2.45) is 0 Å². The summed E-state index contributed by atoms with van der Waals surface area (Å²) >= 11 is 0. The predicted octanol–water partition coefficient (Wildman–Crippen LogP) is 3.74. The van der Waals surface area contributed by atoms with Crippen LogP contribution in [-0.4, -0.2) is 6.61 Å². The summed E-state index contributed by atoms with van der Waals surface area (Å²) in [5.74, 6) is 0.971. The molecule has 0 radical (unpaired) electrons. The Balaban J connectivity index is 1.91. The first-order valence-electron chi connectivity index (χ1n) is 6.53. The van der Waals surface area contributed by atoms with E-state index in [-0.39, 0.29) is 0 Å². The van der Waals surface area contributed by atoms with Crippen LogP contribution >= 0.6 is 0 Å². The van der Waals surface area contributed by atoms with Gasteiger partial charge in [-0.05, 0) is 35.7 Å². The van der Waals surface area contributed by atoms with E-state index in [4.69, 9.17) is 10.00 Å². The van der Waals surface area contributed by atoms with Gasteiger partial charge in [-0.15, -0.1) is 0 Å². The fraction of sp³-hybridized carbons (Fsp3) is 0.235. The summed E-state index contributed by atoms with van der Waals surface area (Å²) < 4.78 is 5.82. The van der Waals surface area contributed by atoms with Gasteiger partial charge in [-0.2, -0.15) is 5.26 Å². The van der Waals surface area contributed by atoms with Crippen molar-refractivity contribution < 1.29 is 4.74 Å². The number of hydrogen-bond donors (Lipinski definition) is 0. The molecule has 0 unspecified atom stereocenters. The maximum Gasteiger partial charge on any atom is 0.122 e. The Kier molecular flexibility index (Phi) is 4.58. The van der Waals surface area contributed by atoms with Gasteiger partial charge >= 0.3 is 0 Å². The number of nitrogens with zero attached hydrogens (tertiary/aromatic N) is 1. The molecular formula is C17H17NO. The molecule has 0 saturated heterocycles. The van der Waals surface area contributed by atoms with E-state index in [0.717, 1.165) is 18.6 Å². The van der Waals surface area contributed by atoms with Gasteiger partial charge in [-0.1, -0.05) is 37.3 Å². The van der Waals surface area contributed by atoms with Crippen LogP contribution in [0, 0.1) is 11.3 Å². The monoisotopic (exact) mass is 251 g/mol. The van der Waals surface area contributed by atoms with E-state index < -0.39 is 0 Å². The highest BCUT2D eigenvalue weighted by molar-refractivity contribution is 5.34. The maximum absolute atomic E-state index is 8.74. The molecule has 0 amide bonds. The van der Waals surface area contributed by atoms with Gasteiger partial charge < -0.3 is 4.74 Å². The van der Waals surface area contributed by atoms with Gasteiger partial charge in [0.1, 0.15) is 5.75 Å². The molecule has 0 bridgehead atoms. The molecule has 0 aliphatic heterocycles. The van der Waals surface area contributed by atoms with Gasteiger partial charge in [0, 0.05) is 6.42 Å². The average molecular weight is 251 g/mol. The number of benzene rings is 2. The molecule has 0 atom stereocenters. The first-order chi connectivity index (χ1) is 9.33. The molecule has 0 saturated carbocycles. The highest BCUT2D eigenvalue weighted by Gasteiger charge is 2.01. The van der Waals surface area contributed by atoms with Gasteiger partial charge in [-0.25, -0.2) is 0 Å². The fourth-order valence-corrected chi connectivity index (χ4v) is 1.96. The lowest BCUT2D eigenvalue weighted by Gasteiger charge is -2.10. The molecule has 0 aliphatic rings. The number of ether oxygens (including phenoxy) is 1. The molecule has 19 heavy (non-hydrogen) atoms. The van der Waals surface area contributed by atoms with Crippen LogP contribution in [0.2, 0.25) is 0 Å². The summed E-state index contributed by atoms with van der Waals surface area (Å²) in [5, 5.41) is 8.74. The topological polar surface area (TPSA) is 33.0 Å². The minimum absolute atomic E-state index is 0.656. The number of para-hydroxylation sites is 1. The summed E-state index contributed by atoms with van der Waals surface area (Å²) in [7, 11) is 0. The van der Waals surface area contributed by atoms with Crippen LogP contribution in [0.5, 0.6) is 5.75 Å². The van der Waals surface area contributed by atoms with Crippen molar-refractivity contribution in [2.75, 3.05) is 6.61 Å². The average Bonchev–Trinajstić information content (AvgIpc) is 2.48. The molecular weight excluding hydrogens is 234 g/mol. The molecule has 2 rings (SSSR count). The molecule has 0 heterocycles. The summed E-state index contributed by atoms with van der Waals surface area (Å²) in [4.78, 5) is 0. The fourth-order valence-electron chi connectivity index (χ4n) is 1.96. The van der Waals surface area contributed by atoms with E-state index in [1.54, 1.807) is 0 Å². The van der Waals surface area contributed by atoms with Gasteiger partial charge in [0.05, 0.1) is 18.2 Å². The summed E-state index contributed by atoms with van der Waals surface area (Å²) in [5.41, 5.74) is 3.12. The lowest BCUT2D eigenvalue weighted by atomic mass is 10.1. The standard InChI is InChI=1S/C17H17NO/c1-2-16-5-3-4-6-17(16)19-12-11-14-7-9-15(13-18)10-8-14/h3-10H,2,11-12H2,1H3. The second-order valence-electron chi connectivity index (χ2n) is 4.37. The van der Waals surface area contributed by atoms with E-state index >= 15 is 0 Å². The van der Waals surface area contributed by atoms with Crippen molar-refractivity contribution in [1.82, 2.24) is 0 Å². The lowest BCUT2D eigenvalue weighted by molar-refractivity contribution is 0.319. The minimum Gasteiger partial charge on any atom is -0.493 e. The molecule has 0 aliphatic carbocycles. The third kappa shape index (κ3) is 3.59. The number of aryl methyl sites for hydroxylation is 1. The molecule has 2 aromatic rings. The predicted molar refractivity (Wildman–Crippen MR) is 76.2 cm³/mol. The second kappa shape index (κ2) is 6.61. The van der Waals surface area contributed by atoms with E-state index in [2.05, 4.69) is 19.1 Å². The van der Waals surface area contributed by atoms with Crippen LogP contribution in [0.4, 0.5) is 0 Å². The van der Waals surface area contributed by atoms with Crippen LogP contribution in [0.15, 0.2) is 48.5 Å². The molecule has 0 fully saturated rings. The molecule has 2 aromatic carbocycles. The Morgan fingerprint density at radius 3 is 2.47 bits per heavy atom. The van der Waals surface area contributed by atoms with E-state index in [9.17, 15) is 0 Å². The zero-order valence-corrected chi connectivity index (χ0v) is 11.1. The van der Waals surface area contributed by atoms with Crippen LogP contribution < -0.4 is 4.74 Å². The molecule has 0 N–H and O–H groups in total. The second-order valence-corrected chi connectivity index (χ2v) is 4.37. The normalized spacial score (nSPS) is 9.89. The molecule has 0 spiro atoms. The highest BCUT2D eigenvalue weighted by atomic mass is 16.5. The quantitative estimate of drug-likeness (QED) is 0.811. The van der Waals surface area contributed by atoms with Crippen LogP contribution in [0.3, 0.4) is 0 Å². The van der Waals surface area contributed by atoms with Gasteiger partial charge in [-0.3, -0.25) is 0 Å². The molecule has 96 valence electrons. The minimum atomic E-state index is 0.656. The molecule has 2 heteroatoms. The molecule has 0 aromatic heterocycles. The number of nitriles is 1. The van der Waals surface area contributed by atoms with Crippen molar-refractivity contribution in [3.05, 3.63) is 65.2 Å². The Morgan fingerprint density at radius 1 is 1.05 bits per heavy atom. The van der Waals surface area contributed by atoms with Crippen molar-refractivity contribution >= 4 is 0 Å². The number of hydrogen-bond acceptors (Lipinski definition) is 2. The largest absolute Gasteiger partial charge is 0.493 e. The van der Waals surface area contributed by atoms with Crippen molar-refractivity contribution in [2.45, 2.75) is 19.8 Å². The Hall–Kier alpha value is -2.27. The summed E-state index contributed by atoms with van der Waals surface area (Å²) in [6.45, 7) is 2.78. The maximum atomic E-state index is 8.74. The Labute approximate surface area is 114 Å². The summed E-state index contributed by atoms with van der Waals surface area (Å²) in [6.07, 6.45) is 1.83. The Bertz CT molecular complexity index is 567. The van der Waals surface area contributed by atoms with E-state index in [1.165, 1.54) is 11.1 Å². The van der Waals surface area contributed by atoms with Crippen LogP contribution in [0.1, 0.15) is 23.6 Å². The molecule has 2 nitrogen and oxygen atoms in total. The smallest absolute Gasteiger partial charge is 0.122 e. The lowest BCUT2D eigenvalue weighted by Crippen LogP contribution is -2.03. The Morgan fingerprint density at radius 2 is 1.79 bits per heavy atom. The zero-order chi connectivity index (χ0) is 13.5. The SMILES string of the molecule is CCc1ccccc1OCCc1ccc(C#N)cc1. The number of rotatable bonds is 5. The van der Waals surface area contributed by atoms with E-state index in [1.807, 2.05) is 42.5 Å². The van der Waals surface area contributed by atoms with Crippen molar-refractivity contribution in [1.29, 1.82) is 5.26 Å². The van der Waals surface area contributed by atoms with Gasteiger partial charge in [0.2, 0.25) is 0 Å². The van der Waals surface area contributed by atoms with Crippen LogP contribution in [0.25, 0.3) is 0 Å². The van der Waals surface area contributed by atoms with Crippen LogP contribution in [-0.2, 0) is 12.8 Å². The first kappa shape index (κ1) is 13.2. The zero-order valence-electron chi connectivity index (χ0n) is 11.1.